The summed E-state index contributed by atoms with van der Waals surface area (Å²) in [6.45, 7) is 4.05. The van der Waals surface area contributed by atoms with E-state index in [0.29, 0.717) is 5.69 Å². The summed E-state index contributed by atoms with van der Waals surface area (Å²) >= 11 is 0. The molecular weight excluding hydrogens is 302 g/mol. The number of hydrogen-bond acceptors (Lipinski definition) is 3. The predicted octanol–water partition coefficient (Wildman–Crippen LogP) is 3.53. The number of rotatable bonds is 5. The summed E-state index contributed by atoms with van der Waals surface area (Å²) in [5, 5.41) is 3.06. The van der Waals surface area contributed by atoms with Gasteiger partial charge in [0.25, 0.3) is 5.91 Å². The topological polar surface area (TPSA) is 55.6 Å². The number of fused-ring (bicyclic) bond motifs is 1. The molecule has 1 atom stereocenters. The number of ether oxygens (including phenoxy) is 1. The van der Waals surface area contributed by atoms with E-state index in [1.807, 2.05) is 60.8 Å². The molecule has 24 heavy (non-hydrogen) atoms. The van der Waals surface area contributed by atoms with Crippen molar-refractivity contribution < 1.29 is 9.53 Å². The molecule has 1 N–H and O–H groups in total. The second-order valence-electron chi connectivity index (χ2n) is 5.81. The fourth-order valence-corrected chi connectivity index (χ4v) is 2.70. The molecule has 3 rings (SSSR count). The summed E-state index contributed by atoms with van der Waals surface area (Å²) in [5.41, 5.74) is 3.36. The van der Waals surface area contributed by atoms with Crippen LogP contribution in [0.1, 0.15) is 41.0 Å². The number of carbonyl (C=O) groups is 1. The van der Waals surface area contributed by atoms with E-state index in [1.54, 1.807) is 13.3 Å². The molecule has 3 aromatic rings. The average Bonchev–Trinajstić information content (AvgIpc) is 3.03. The van der Waals surface area contributed by atoms with Gasteiger partial charge in [0, 0.05) is 12.4 Å². The molecule has 1 unspecified atom stereocenters. The van der Waals surface area contributed by atoms with Crippen molar-refractivity contribution in [2.75, 3.05) is 7.11 Å². The Bertz CT molecular complexity index is 853. The van der Waals surface area contributed by atoms with E-state index in [4.69, 9.17) is 4.74 Å². The average molecular weight is 323 g/mol. The van der Waals surface area contributed by atoms with Gasteiger partial charge in [-0.1, -0.05) is 25.1 Å². The van der Waals surface area contributed by atoms with Crippen LogP contribution < -0.4 is 10.1 Å². The zero-order chi connectivity index (χ0) is 17.1. The molecule has 5 nitrogen and oxygen atoms in total. The third kappa shape index (κ3) is 3.25. The number of pyridine rings is 1. The molecule has 0 aliphatic rings. The summed E-state index contributed by atoms with van der Waals surface area (Å²) < 4.78 is 7.05. The molecular formula is C19H21N3O2. The van der Waals surface area contributed by atoms with E-state index in [-0.39, 0.29) is 11.9 Å². The molecule has 2 aromatic heterocycles. The van der Waals surface area contributed by atoms with E-state index in [1.165, 1.54) is 0 Å². The van der Waals surface area contributed by atoms with E-state index in [2.05, 4.69) is 10.3 Å². The van der Waals surface area contributed by atoms with Crippen LogP contribution in [0, 0.1) is 6.92 Å². The van der Waals surface area contributed by atoms with Crippen molar-refractivity contribution in [3.05, 3.63) is 65.6 Å². The number of imidazole rings is 1. The first-order valence-corrected chi connectivity index (χ1v) is 8.01. The van der Waals surface area contributed by atoms with Crippen molar-refractivity contribution in [1.29, 1.82) is 0 Å². The Kier molecular flexibility index (Phi) is 4.51. The Hall–Kier alpha value is -2.82. The predicted molar refractivity (Wildman–Crippen MR) is 93.4 cm³/mol. The van der Waals surface area contributed by atoms with Crippen LogP contribution in [0.2, 0.25) is 0 Å². The number of aromatic nitrogens is 2. The van der Waals surface area contributed by atoms with E-state index >= 15 is 0 Å². The smallest absolute Gasteiger partial charge is 0.271 e. The minimum Gasteiger partial charge on any atom is -0.497 e. The molecule has 0 aliphatic heterocycles. The maximum atomic E-state index is 12.6. The van der Waals surface area contributed by atoms with Crippen LogP contribution in [-0.2, 0) is 0 Å². The SMILES string of the molecule is CCC(NC(=O)c1cn2cc(C)ccc2n1)c1ccc(OC)cc1. The Morgan fingerprint density at radius 1 is 1.21 bits per heavy atom. The first-order valence-electron chi connectivity index (χ1n) is 8.01. The summed E-state index contributed by atoms with van der Waals surface area (Å²) in [6, 6.07) is 11.6. The number of methoxy groups -OCH3 is 1. The number of nitrogens with one attached hydrogen (secondary N) is 1. The third-order valence-corrected chi connectivity index (χ3v) is 4.06. The number of amides is 1. The lowest BCUT2D eigenvalue weighted by molar-refractivity contribution is 0.0931. The zero-order valence-electron chi connectivity index (χ0n) is 14.1. The van der Waals surface area contributed by atoms with Crippen LogP contribution >= 0.6 is 0 Å². The number of nitrogens with zero attached hydrogens (tertiary/aromatic N) is 2. The van der Waals surface area contributed by atoms with Gasteiger partial charge < -0.3 is 14.5 Å². The quantitative estimate of drug-likeness (QED) is 0.781. The largest absolute Gasteiger partial charge is 0.497 e. The highest BCUT2D eigenvalue weighted by Gasteiger charge is 2.16. The van der Waals surface area contributed by atoms with E-state index in [9.17, 15) is 4.79 Å². The number of benzene rings is 1. The maximum Gasteiger partial charge on any atom is 0.271 e. The van der Waals surface area contributed by atoms with E-state index < -0.39 is 0 Å². The molecule has 2 heterocycles. The van der Waals surface area contributed by atoms with Crippen molar-refractivity contribution in [2.45, 2.75) is 26.3 Å². The molecule has 5 heteroatoms. The number of carbonyl (C=O) groups excluding carboxylic acids is 1. The highest BCUT2D eigenvalue weighted by molar-refractivity contribution is 5.93. The van der Waals surface area contributed by atoms with Gasteiger partial charge in [-0.25, -0.2) is 4.98 Å². The van der Waals surface area contributed by atoms with Crippen molar-refractivity contribution in [3.8, 4) is 5.75 Å². The van der Waals surface area contributed by atoms with Gasteiger partial charge in [0.15, 0.2) is 0 Å². The summed E-state index contributed by atoms with van der Waals surface area (Å²) in [6.07, 6.45) is 4.52. The van der Waals surface area contributed by atoms with E-state index in [0.717, 1.165) is 28.9 Å². The Balaban J connectivity index is 1.79. The normalized spacial score (nSPS) is 12.1. The van der Waals surface area contributed by atoms with Crippen LogP contribution in [0.25, 0.3) is 5.65 Å². The summed E-state index contributed by atoms with van der Waals surface area (Å²) in [7, 11) is 1.64. The number of hydrogen-bond donors (Lipinski definition) is 1. The van der Waals surface area contributed by atoms with Gasteiger partial charge >= 0.3 is 0 Å². The molecule has 0 saturated carbocycles. The Morgan fingerprint density at radius 2 is 1.96 bits per heavy atom. The van der Waals surface area contributed by atoms with Gasteiger partial charge in [0.05, 0.1) is 13.2 Å². The molecule has 0 radical (unpaired) electrons. The van der Waals surface area contributed by atoms with Gasteiger partial charge in [-0.15, -0.1) is 0 Å². The van der Waals surface area contributed by atoms with Crippen molar-refractivity contribution >= 4 is 11.6 Å². The fraction of sp³-hybridized carbons (Fsp3) is 0.263. The third-order valence-electron chi connectivity index (χ3n) is 4.06. The molecule has 1 amide bonds. The van der Waals surface area contributed by atoms with Gasteiger partial charge in [0.1, 0.15) is 17.1 Å². The lowest BCUT2D eigenvalue weighted by Gasteiger charge is -2.17. The molecule has 0 fully saturated rings. The van der Waals surface area contributed by atoms with Crippen LogP contribution in [0.3, 0.4) is 0 Å². The lowest BCUT2D eigenvalue weighted by Crippen LogP contribution is -2.28. The standard InChI is InChI=1S/C19H21N3O2/c1-4-16(14-6-8-15(24-3)9-7-14)21-19(23)17-12-22-11-13(2)5-10-18(22)20-17/h5-12,16H,4H2,1-3H3,(H,21,23). The maximum absolute atomic E-state index is 12.6. The number of aryl methyl sites for hydroxylation is 1. The highest BCUT2D eigenvalue weighted by atomic mass is 16.5. The van der Waals surface area contributed by atoms with Crippen molar-refractivity contribution in [1.82, 2.24) is 14.7 Å². The molecule has 124 valence electrons. The van der Waals surface area contributed by atoms with Crippen LogP contribution in [0.5, 0.6) is 5.75 Å². The van der Waals surface area contributed by atoms with Gasteiger partial charge in [-0.2, -0.15) is 0 Å². The minimum atomic E-state index is -0.168. The summed E-state index contributed by atoms with van der Waals surface area (Å²) in [5.74, 6) is 0.634. The Morgan fingerprint density at radius 3 is 2.62 bits per heavy atom. The molecule has 0 aliphatic carbocycles. The lowest BCUT2D eigenvalue weighted by atomic mass is 10.0. The molecule has 1 aromatic carbocycles. The minimum absolute atomic E-state index is 0.0602. The van der Waals surface area contributed by atoms with Gasteiger partial charge in [-0.3, -0.25) is 4.79 Å². The van der Waals surface area contributed by atoms with Crippen molar-refractivity contribution in [3.63, 3.8) is 0 Å². The monoisotopic (exact) mass is 323 g/mol. The Labute approximate surface area is 141 Å². The molecule has 0 saturated heterocycles. The molecule has 0 spiro atoms. The highest BCUT2D eigenvalue weighted by Crippen LogP contribution is 2.20. The zero-order valence-corrected chi connectivity index (χ0v) is 14.1. The van der Waals surface area contributed by atoms with Crippen molar-refractivity contribution in [2.24, 2.45) is 0 Å². The second-order valence-corrected chi connectivity index (χ2v) is 5.81. The van der Waals surface area contributed by atoms with Crippen LogP contribution in [0.4, 0.5) is 0 Å². The first kappa shape index (κ1) is 16.1. The summed E-state index contributed by atoms with van der Waals surface area (Å²) in [4.78, 5) is 16.9. The van der Waals surface area contributed by atoms with Crippen LogP contribution in [0.15, 0.2) is 48.8 Å². The van der Waals surface area contributed by atoms with Gasteiger partial charge in [-0.05, 0) is 42.7 Å². The fourth-order valence-electron chi connectivity index (χ4n) is 2.70. The molecule has 0 bridgehead atoms. The van der Waals surface area contributed by atoms with Gasteiger partial charge in [0.2, 0.25) is 0 Å². The first-order chi connectivity index (χ1) is 11.6. The second kappa shape index (κ2) is 6.74. The van der Waals surface area contributed by atoms with Crippen LogP contribution in [-0.4, -0.2) is 22.4 Å².